The number of hydrogen-bond acceptors (Lipinski definition) is 4. The molecule has 4 heteroatoms. The molecule has 1 fully saturated rings. The maximum Gasteiger partial charge on any atom is 0.124 e. The van der Waals surface area contributed by atoms with Gasteiger partial charge in [-0.25, -0.2) is 0 Å². The summed E-state index contributed by atoms with van der Waals surface area (Å²) in [6.45, 7) is 2.54. The minimum absolute atomic E-state index is 0.0518. The first-order chi connectivity index (χ1) is 8.22. The van der Waals surface area contributed by atoms with Gasteiger partial charge in [0.15, 0.2) is 0 Å². The van der Waals surface area contributed by atoms with Crippen LogP contribution in [-0.4, -0.2) is 34.7 Å². The van der Waals surface area contributed by atoms with Crippen molar-refractivity contribution in [2.45, 2.75) is 25.3 Å². The predicted octanol–water partition coefficient (Wildman–Crippen LogP) is 1.58. The van der Waals surface area contributed by atoms with Crippen LogP contribution in [0.5, 0.6) is 11.5 Å². The molecule has 1 aromatic rings. The molecular weight excluding hydrogens is 216 g/mol. The average Bonchev–Trinajstić information content (AvgIpc) is 2.34. The Morgan fingerprint density at radius 2 is 1.88 bits per heavy atom. The lowest BCUT2D eigenvalue weighted by Crippen LogP contribution is -2.37. The third-order valence-corrected chi connectivity index (χ3v) is 3.43. The number of nitrogens with two attached hydrogens (primary N) is 1. The summed E-state index contributed by atoms with van der Waals surface area (Å²) in [5.74, 6) is 0.215. The second kappa shape index (κ2) is 5.38. The lowest BCUT2D eigenvalue weighted by Gasteiger charge is -2.34. The zero-order chi connectivity index (χ0) is 12.3. The molecular formula is C13H20N2O2. The average molecular weight is 236 g/mol. The van der Waals surface area contributed by atoms with E-state index in [1.807, 2.05) is 0 Å². The minimum Gasteiger partial charge on any atom is -0.508 e. The Balaban J connectivity index is 2.21. The Morgan fingerprint density at radius 3 is 2.47 bits per heavy atom. The van der Waals surface area contributed by atoms with Gasteiger partial charge < -0.3 is 15.9 Å². The maximum absolute atomic E-state index is 9.88. The number of phenolic OH excluding ortho intramolecular Hbond substituents is 2. The van der Waals surface area contributed by atoms with Crippen LogP contribution in [-0.2, 0) is 0 Å². The Kier molecular flexibility index (Phi) is 3.86. The van der Waals surface area contributed by atoms with Gasteiger partial charge in [0.25, 0.3) is 0 Å². The van der Waals surface area contributed by atoms with Crippen molar-refractivity contribution in [2.75, 3.05) is 19.6 Å². The topological polar surface area (TPSA) is 69.7 Å². The van der Waals surface area contributed by atoms with Gasteiger partial charge in [-0.3, -0.25) is 4.90 Å². The van der Waals surface area contributed by atoms with Gasteiger partial charge in [0.05, 0.1) is 6.04 Å². The zero-order valence-corrected chi connectivity index (χ0v) is 9.97. The molecule has 1 aromatic carbocycles. The van der Waals surface area contributed by atoms with Crippen LogP contribution >= 0.6 is 0 Å². The fourth-order valence-electron chi connectivity index (χ4n) is 2.52. The first-order valence-corrected chi connectivity index (χ1v) is 6.18. The van der Waals surface area contributed by atoms with Crippen LogP contribution in [0.3, 0.4) is 0 Å². The fourth-order valence-corrected chi connectivity index (χ4v) is 2.52. The van der Waals surface area contributed by atoms with E-state index in [1.165, 1.54) is 25.3 Å². The number of aromatic hydroxyl groups is 2. The quantitative estimate of drug-likeness (QED) is 0.745. The molecule has 1 aliphatic heterocycles. The van der Waals surface area contributed by atoms with Crippen molar-refractivity contribution in [3.8, 4) is 11.5 Å². The van der Waals surface area contributed by atoms with E-state index in [9.17, 15) is 10.2 Å². The van der Waals surface area contributed by atoms with E-state index in [0.717, 1.165) is 18.7 Å². The van der Waals surface area contributed by atoms with E-state index >= 15 is 0 Å². The third kappa shape index (κ3) is 2.70. The van der Waals surface area contributed by atoms with Crippen LogP contribution in [0.4, 0.5) is 0 Å². The van der Waals surface area contributed by atoms with Crippen molar-refractivity contribution < 1.29 is 10.2 Å². The molecule has 0 bridgehead atoms. The molecule has 0 spiro atoms. The number of hydrogen-bond donors (Lipinski definition) is 3. The summed E-state index contributed by atoms with van der Waals surface area (Å²) in [7, 11) is 0. The molecule has 94 valence electrons. The number of nitrogens with zero attached hydrogens (tertiary/aromatic N) is 1. The Bertz CT molecular complexity index is 376. The Labute approximate surface area is 102 Å². The van der Waals surface area contributed by atoms with E-state index < -0.39 is 0 Å². The molecule has 2 rings (SSSR count). The highest BCUT2D eigenvalue weighted by Gasteiger charge is 2.23. The zero-order valence-electron chi connectivity index (χ0n) is 9.97. The Hall–Kier alpha value is -1.26. The summed E-state index contributed by atoms with van der Waals surface area (Å²) in [5.41, 5.74) is 6.64. The van der Waals surface area contributed by atoms with Crippen LogP contribution in [0.15, 0.2) is 18.2 Å². The first kappa shape index (κ1) is 12.2. The third-order valence-electron chi connectivity index (χ3n) is 3.43. The molecule has 4 N–H and O–H groups in total. The van der Waals surface area contributed by atoms with Gasteiger partial charge in [-0.15, -0.1) is 0 Å². The molecule has 1 saturated heterocycles. The van der Waals surface area contributed by atoms with Crippen molar-refractivity contribution in [1.29, 1.82) is 0 Å². The van der Waals surface area contributed by atoms with E-state index in [-0.39, 0.29) is 17.5 Å². The summed E-state index contributed by atoms with van der Waals surface area (Å²) < 4.78 is 0. The van der Waals surface area contributed by atoms with E-state index in [1.54, 1.807) is 12.1 Å². The maximum atomic E-state index is 9.88. The van der Waals surface area contributed by atoms with Crippen molar-refractivity contribution in [2.24, 2.45) is 5.73 Å². The summed E-state index contributed by atoms with van der Waals surface area (Å²) >= 11 is 0. The van der Waals surface area contributed by atoms with Crippen molar-refractivity contribution in [3.05, 3.63) is 23.8 Å². The molecule has 1 atom stereocenters. The van der Waals surface area contributed by atoms with Gasteiger partial charge in [0, 0.05) is 18.2 Å². The van der Waals surface area contributed by atoms with E-state index in [0.29, 0.717) is 6.54 Å². The van der Waals surface area contributed by atoms with Gasteiger partial charge in [-0.2, -0.15) is 0 Å². The first-order valence-electron chi connectivity index (χ1n) is 6.18. The Morgan fingerprint density at radius 1 is 1.18 bits per heavy atom. The predicted molar refractivity (Wildman–Crippen MR) is 67.0 cm³/mol. The summed E-state index contributed by atoms with van der Waals surface area (Å²) in [6, 6.07) is 4.79. The summed E-state index contributed by atoms with van der Waals surface area (Å²) in [4.78, 5) is 2.32. The van der Waals surface area contributed by atoms with Gasteiger partial charge in [-0.1, -0.05) is 12.5 Å². The molecule has 1 aliphatic rings. The van der Waals surface area contributed by atoms with Crippen LogP contribution in [0, 0.1) is 0 Å². The molecule has 0 radical (unpaired) electrons. The van der Waals surface area contributed by atoms with Crippen LogP contribution in [0.2, 0.25) is 0 Å². The molecule has 0 saturated carbocycles. The highest BCUT2D eigenvalue weighted by Crippen LogP contribution is 2.32. The smallest absolute Gasteiger partial charge is 0.124 e. The normalized spacial score (nSPS) is 19.1. The fraction of sp³-hybridized carbons (Fsp3) is 0.538. The van der Waals surface area contributed by atoms with Crippen molar-refractivity contribution in [3.63, 3.8) is 0 Å². The van der Waals surface area contributed by atoms with Crippen LogP contribution in [0.1, 0.15) is 30.9 Å². The van der Waals surface area contributed by atoms with Crippen molar-refractivity contribution in [1.82, 2.24) is 4.90 Å². The number of phenols is 2. The van der Waals surface area contributed by atoms with Gasteiger partial charge in [-0.05, 0) is 32.0 Å². The molecule has 1 heterocycles. The van der Waals surface area contributed by atoms with Crippen molar-refractivity contribution >= 4 is 0 Å². The lowest BCUT2D eigenvalue weighted by atomic mass is 10.0. The number of piperidine rings is 1. The number of likely N-dealkylation sites (tertiary alicyclic amines) is 1. The molecule has 17 heavy (non-hydrogen) atoms. The van der Waals surface area contributed by atoms with Crippen LogP contribution < -0.4 is 5.73 Å². The molecule has 1 unspecified atom stereocenters. The van der Waals surface area contributed by atoms with Crippen LogP contribution in [0.25, 0.3) is 0 Å². The van der Waals surface area contributed by atoms with E-state index in [2.05, 4.69) is 4.90 Å². The van der Waals surface area contributed by atoms with E-state index in [4.69, 9.17) is 5.73 Å². The standard InChI is InChI=1S/C13H20N2O2/c14-9-12(15-6-2-1-3-7-15)11-5-4-10(16)8-13(11)17/h4-5,8,12,16-17H,1-3,6-7,9,14H2. The van der Waals surface area contributed by atoms with Gasteiger partial charge in [0.2, 0.25) is 0 Å². The summed E-state index contributed by atoms with van der Waals surface area (Å²) in [5, 5.41) is 19.2. The molecule has 0 aliphatic carbocycles. The monoisotopic (exact) mass is 236 g/mol. The minimum atomic E-state index is 0.0518. The second-order valence-corrected chi connectivity index (χ2v) is 4.59. The lowest BCUT2D eigenvalue weighted by molar-refractivity contribution is 0.165. The van der Waals surface area contributed by atoms with Gasteiger partial charge in [0.1, 0.15) is 11.5 Å². The second-order valence-electron chi connectivity index (χ2n) is 4.59. The number of benzene rings is 1. The SMILES string of the molecule is NCC(c1ccc(O)cc1O)N1CCCCC1. The highest BCUT2D eigenvalue weighted by atomic mass is 16.3. The summed E-state index contributed by atoms with van der Waals surface area (Å²) in [6.07, 6.45) is 3.65. The molecule has 4 nitrogen and oxygen atoms in total. The number of rotatable bonds is 3. The van der Waals surface area contributed by atoms with Gasteiger partial charge >= 0.3 is 0 Å². The largest absolute Gasteiger partial charge is 0.508 e. The highest BCUT2D eigenvalue weighted by molar-refractivity contribution is 5.41. The molecule has 0 amide bonds. The molecule has 0 aromatic heterocycles.